The number of carboxylic acids is 1. The molecule has 0 aliphatic heterocycles. The maximum absolute atomic E-state index is 13.2. The van der Waals surface area contributed by atoms with Crippen LogP contribution in [0.25, 0.3) is 10.9 Å². The zero-order chi connectivity index (χ0) is 29.8. The Labute approximate surface area is 250 Å². The van der Waals surface area contributed by atoms with Gasteiger partial charge in [0.1, 0.15) is 11.3 Å². The monoisotopic (exact) mass is 565 g/mol. The number of benzene rings is 4. The Morgan fingerprint density at radius 3 is 1.74 bits per heavy atom. The fraction of sp³-hybridized carbons (Fsp3) is 0.135. The number of rotatable bonds is 10. The van der Waals surface area contributed by atoms with Crippen LogP contribution in [0.4, 0.5) is 0 Å². The first kappa shape index (κ1) is 27.8. The van der Waals surface area contributed by atoms with Crippen LogP contribution < -0.4 is 0 Å². The van der Waals surface area contributed by atoms with Crippen LogP contribution in [-0.4, -0.2) is 31.6 Å². The van der Waals surface area contributed by atoms with E-state index in [-0.39, 0.29) is 23.8 Å². The van der Waals surface area contributed by atoms with Gasteiger partial charge in [0.15, 0.2) is 5.69 Å². The molecule has 0 aliphatic carbocycles. The molecule has 0 aliphatic rings. The van der Waals surface area contributed by atoms with Gasteiger partial charge in [-0.1, -0.05) is 128 Å². The lowest BCUT2D eigenvalue weighted by atomic mass is 9.77. The van der Waals surface area contributed by atoms with Gasteiger partial charge < -0.3 is 5.11 Å². The van der Waals surface area contributed by atoms with Gasteiger partial charge in [-0.2, -0.15) is 5.10 Å². The highest BCUT2D eigenvalue weighted by Gasteiger charge is 2.41. The summed E-state index contributed by atoms with van der Waals surface area (Å²) < 4.78 is 1.80. The Morgan fingerprint density at radius 2 is 1.26 bits per heavy atom. The molecule has 4 aromatic carbocycles. The van der Waals surface area contributed by atoms with E-state index in [0.717, 1.165) is 22.3 Å². The molecule has 0 fully saturated rings. The summed E-state index contributed by atoms with van der Waals surface area (Å²) in [5.41, 5.74) is 3.91. The van der Waals surface area contributed by atoms with E-state index in [1.165, 1.54) is 6.20 Å². The van der Waals surface area contributed by atoms with E-state index in [1.54, 1.807) is 4.68 Å². The van der Waals surface area contributed by atoms with Gasteiger partial charge in [0.25, 0.3) is 0 Å². The van der Waals surface area contributed by atoms with Gasteiger partial charge in [-0.3, -0.25) is 9.78 Å². The van der Waals surface area contributed by atoms with Crippen molar-refractivity contribution in [2.45, 2.75) is 31.2 Å². The van der Waals surface area contributed by atoms with Gasteiger partial charge in [0.05, 0.1) is 10.9 Å². The van der Waals surface area contributed by atoms with Crippen molar-refractivity contribution in [2.24, 2.45) is 0 Å². The average molecular weight is 566 g/mol. The summed E-state index contributed by atoms with van der Waals surface area (Å²) in [4.78, 5) is 30.3. The number of aromatic carboxylic acids is 1. The number of fused-ring (bicyclic) bond motifs is 1. The molecule has 0 unspecified atom stereocenters. The largest absolute Gasteiger partial charge is 0.476 e. The van der Waals surface area contributed by atoms with Gasteiger partial charge in [0.2, 0.25) is 0 Å². The molecule has 212 valence electrons. The number of aromatic nitrogens is 3. The van der Waals surface area contributed by atoms with Crippen LogP contribution in [0, 0.1) is 0 Å². The molecule has 2 heterocycles. The van der Waals surface area contributed by atoms with Gasteiger partial charge in [-0.25, -0.2) is 9.48 Å². The molecule has 0 amide bonds. The Hall–Kier alpha value is -5.36. The summed E-state index contributed by atoms with van der Waals surface area (Å²) in [6.07, 6.45) is 2.05. The highest BCUT2D eigenvalue weighted by molar-refractivity contribution is 6.01. The molecule has 6 nitrogen and oxygen atoms in total. The SMILES string of the molecule is C[C@@H](CC(=O)Cc1cc2c(cn1)c(C(=O)O)nn2C(c1ccccc1)(c1ccccc1)c1ccccc1)c1ccccc1. The van der Waals surface area contributed by atoms with Crippen LogP contribution in [0.1, 0.15) is 57.7 Å². The van der Waals surface area contributed by atoms with E-state index < -0.39 is 11.5 Å². The van der Waals surface area contributed by atoms with Crippen LogP contribution in [0.2, 0.25) is 0 Å². The lowest BCUT2D eigenvalue weighted by Crippen LogP contribution is -2.38. The number of carbonyl (C=O) groups excluding carboxylic acids is 1. The summed E-state index contributed by atoms with van der Waals surface area (Å²) in [5, 5.41) is 15.4. The molecule has 0 bridgehead atoms. The summed E-state index contributed by atoms with van der Waals surface area (Å²) in [6.45, 7) is 2.05. The standard InChI is InChI=1S/C37H31N3O3/c1-26(27-14-6-2-7-15-27)22-32(41)23-31-24-34-33(25-38-31)35(36(42)43)39-40(34)37(28-16-8-3-9-17-28,29-18-10-4-11-19-29)30-20-12-5-13-21-30/h2-21,24-26H,22-23H2,1H3,(H,42,43)/t26-/m0/s1. The Morgan fingerprint density at radius 1 is 0.767 bits per heavy atom. The third kappa shape index (κ3) is 5.24. The summed E-state index contributed by atoms with van der Waals surface area (Å²) in [7, 11) is 0. The topological polar surface area (TPSA) is 85.1 Å². The average Bonchev–Trinajstić information content (AvgIpc) is 3.43. The number of Topliss-reactive ketones (excluding diaryl/α,β-unsaturated/α-hetero) is 1. The van der Waals surface area contributed by atoms with Crippen molar-refractivity contribution in [2.75, 3.05) is 0 Å². The number of nitrogens with zero attached hydrogens (tertiary/aromatic N) is 3. The maximum atomic E-state index is 13.2. The zero-order valence-corrected chi connectivity index (χ0v) is 23.8. The van der Waals surface area contributed by atoms with E-state index in [1.807, 2.05) is 134 Å². The minimum Gasteiger partial charge on any atom is -0.476 e. The van der Waals surface area contributed by atoms with Gasteiger partial charge in [-0.05, 0) is 34.2 Å². The van der Waals surface area contributed by atoms with Crippen molar-refractivity contribution in [1.82, 2.24) is 14.8 Å². The predicted octanol–water partition coefficient (Wildman–Crippen LogP) is 7.28. The minimum absolute atomic E-state index is 0.0631. The van der Waals surface area contributed by atoms with Crippen molar-refractivity contribution in [3.8, 4) is 0 Å². The maximum Gasteiger partial charge on any atom is 0.357 e. The molecule has 0 radical (unpaired) electrons. The van der Waals surface area contributed by atoms with Gasteiger partial charge in [0, 0.05) is 24.7 Å². The number of hydrogen-bond donors (Lipinski definition) is 1. The fourth-order valence-corrected chi connectivity index (χ4v) is 5.98. The summed E-state index contributed by atoms with van der Waals surface area (Å²) in [6, 6.07) is 41.7. The van der Waals surface area contributed by atoms with Gasteiger partial charge in [-0.15, -0.1) is 0 Å². The number of pyridine rings is 1. The van der Waals surface area contributed by atoms with Crippen molar-refractivity contribution in [3.05, 3.63) is 167 Å². The Kier molecular flexibility index (Phi) is 7.67. The number of carboxylic acid groups (broad SMARTS) is 1. The lowest BCUT2D eigenvalue weighted by Gasteiger charge is -2.37. The summed E-state index contributed by atoms with van der Waals surface area (Å²) >= 11 is 0. The van der Waals surface area contributed by atoms with Crippen molar-refractivity contribution < 1.29 is 14.7 Å². The first-order valence-electron chi connectivity index (χ1n) is 14.3. The first-order chi connectivity index (χ1) is 21.0. The van der Waals surface area contributed by atoms with Crippen LogP contribution in [0.5, 0.6) is 0 Å². The number of ketones is 1. The fourth-order valence-electron chi connectivity index (χ4n) is 5.98. The third-order valence-electron chi connectivity index (χ3n) is 8.00. The molecule has 1 atom stereocenters. The van der Waals surface area contributed by atoms with E-state index in [9.17, 15) is 14.7 Å². The molecular formula is C37H31N3O3. The molecular weight excluding hydrogens is 534 g/mol. The molecule has 6 aromatic rings. The number of hydrogen-bond acceptors (Lipinski definition) is 4. The Balaban J connectivity index is 1.54. The summed E-state index contributed by atoms with van der Waals surface area (Å²) in [5.74, 6) is -1.01. The normalized spacial score (nSPS) is 12.2. The van der Waals surface area contributed by atoms with Crippen LogP contribution in [-0.2, 0) is 16.8 Å². The third-order valence-corrected chi connectivity index (χ3v) is 8.00. The molecule has 0 spiro atoms. The molecule has 1 N–H and O–H groups in total. The second-order valence-electron chi connectivity index (χ2n) is 10.8. The minimum atomic E-state index is -1.14. The molecule has 43 heavy (non-hydrogen) atoms. The van der Waals surface area contributed by atoms with Crippen LogP contribution >= 0.6 is 0 Å². The van der Waals surface area contributed by atoms with Crippen LogP contribution in [0.15, 0.2) is 134 Å². The van der Waals surface area contributed by atoms with Crippen molar-refractivity contribution in [1.29, 1.82) is 0 Å². The Bertz CT molecular complexity index is 1770. The zero-order valence-electron chi connectivity index (χ0n) is 23.8. The van der Waals surface area contributed by atoms with E-state index in [4.69, 9.17) is 5.10 Å². The first-order valence-corrected chi connectivity index (χ1v) is 14.3. The number of carbonyl (C=O) groups is 2. The molecule has 6 rings (SSSR count). The lowest BCUT2D eigenvalue weighted by molar-refractivity contribution is -0.118. The molecule has 0 saturated carbocycles. The highest BCUT2D eigenvalue weighted by Crippen LogP contribution is 2.42. The second kappa shape index (κ2) is 11.9. The van der Waals surface area contributed by atoms with Crippen molar-refractivity contribution in [3.63, 3.8) is 0 Å². The van der Waals surface area contributed by atoms with E-state index in [0.29, 0.717) is 23.0 Å². The predicted molar refractivity (Wildman–Crippen MR) is 167 cm³/mol. The highest BCUT2D eigenvalue weighted by atomic mass is 16.4. The molecule has 0 saturated heterocycles. The van der Waals surface area contributed by atoms with E-state index >= 15 is 0 Å². The van der Waals surface area contributed by atoms with E-state index in [2.05, 4.69) is 4.98 Å². The van der Waals surface area contributed by atoms with Crippen LogP contribution in [0.3, 0.4) is 0 Å². The quantitative estimate of drug-likeness (QED) is 0.177. The van der Waals surface area contributed by atoms with Crippen molar-refractivity contribution >= 4 is 22.7 Å². The molecule has 2 aromatic heterocycles. The van der Waals surface area contributed by atoms with Gasteiger partial charge >= 0.3 is 5.97 Å². The second-order valence-corrected chi connectivity index (χ2v) is 10.8. The smallest absolute Gasteiger partial charge is 0.357 e. The molecule has 6 heteroatoms.